The van der Waals surface area contributed by atoms with Crippen molar-refractivity contribution in [1.82, 2.24) is 24.7 Å². The molecule has 0 amide bonds. The second kappa shape index (κ2) is 4.27. The van der Waals surface area contributed by atoms with Gasteiger partial charge in [-0.3, -0.25) is 0 Å². The number of hydrogen-bond acceptors (Lipinski definition) is 6. The molecule has 0 saturated heterocycles. The van der Waals surface area contributed by atoms with Crippen LogP contribution >= 0.6 is 11.8 Å². The minimum absolute atomic E-state index is 0.0875. The van der Waals surface area contributed by atoms with Gasteiger partial charge in [0.15, 0.2) is 10.9 Å². The summed E-state index contributed by atoms with van der Waals surface area (Å²) in [5.41, 5.74) is -0.0875. The summed E-state index contributed by atoms with van der Waals surface area (Å²) in [6.07, 6.45) is 4.30. The Morgan fingerprint density at radius 2 is 2.19 bits per heavy atom. The number of aromatic nitrogens is 5. The van der Waals surface area contributed by atoms with Gasteiger partial charge in [0.25, 0.3) is 0 Å². The summed E-state index contributed by atoms with van der Waals surface area (Å²) in [4.78, 5) is 18.6. The largest absolute Gasteiger partial charge is 0.476 e. The number of carbonyl (C=O) groups is 1. The molecule has 82 valence electrons. The summed E-state index contributed by atoms with van der Waals surface area (Å²) < 4.78 is 1.67. The van der Waals surface area contributed by atoms with E-state index in [1.807, 2.05) is 0 Å². The molecular formula is C8H7N5O2S. The fraction of sp³-hybridized carbons (Fsp3) is 0.125. The van der Waals surface area contributed by atoms with E-state index in [-0.39, 0.29) is 5.69 Å². The van der Waals surface area contributed by atoms with E-state index in [9.17, 15) is 4.79 Å². The van der Waals surface area contributed by atoms with Gasteiger partial charge in [0.2, 0.25) is 0 Å². The highest BCUT2D eigenvalue weighted by Gasteiger charge is 2.15. The van der Waals surface area contributed by atoms with Crippen LogP contribution in [0.15, 0.2) is 28.9 Å². The van der Waals surface area contributed by atoms with Crippen LogP contribution in [0.4, 0.5) is 0 Å². The van der Waals surface area contributed by atoms with E-state index in [2.05, 4.69) is 20.2 Å². The predicted octanol–water partition coefficient (Wildman–Crippen LogP) is 0.454. The molecule has 2 heterocycles. The van der Waals surface area contributed by atoms with Gasteiger partial charge in [0.1, 0.15) is 11.4 Å². The summed E-state index contributed by atoms with van der Waals surface area (Å²) >= 11 is 1.11. The Morgan fingerprint density at radius 3 is 2.81 bits per heavy atom. The van der Waals surface area contributed by atoms with Crippen LogP contribution in [-0.2, 0) is 7.05 Å². The van der Waals surface area contributed by atoms with Crippen LogP contribution in [0.1, 0.15) is 10.5 Å². The van der Waals surface area contributed by atoms with Gasteiger partial charge in [0, 0.05) is 19.4 Å². The van der Waals surface area contributed by atoms with Crippen molar-refractivity contribution in [3.63, 3.8) is 0 Å². The Balaban J connectivity index is 2.35. The molecule has 1 N–H and O–H groups in total. The van der Waals surface area contributed by atoms with E-state index in [1.54, 1.807) is 11.6 Å². The van der Waals surface area contributed by atoms with Gasteiger partial charge in [-0.2, -0.15) is 0 Å². The van der Waals surface area contributed by atoms with E-state index < -0.39 is 5.97 Å². The minimum atomic E-state index is -1.11. The average molecular weight is 237 g/mol. The predicted molar refractivity (Wildman–Crippen MR) is 54.1 cm³/mol. The van der Waals surface area contributed by atoms with E-state index in [0.717, 1.165) is 11.8 Å². The van der Waals surface area contributed by atoms with E-state index >= 15 is 0 Å². The van der Waals surface area contributed by atoms with Gasteiger partial charge in [-0.15, -0.1) is 10.2 Å². The van der Waals surface area contributed by atoms with Crippen molar-refractivity contribution in [3.05, 3.63) is 24.4 Å². The molecule has 0 aliphatic carbocycles. The van der Waals surface area contributed by atoms with Crippen molar-refractivity contribution in [2.75, 3.05) is 0 Å². The quantitative estimate of drug-likeness (QED) is 0.828. The Hall–Kier alpha value is -1.96. The SMILES string of the molecule is Cn1cnnc1Sc1nccnc1C(=O)O. The first-order valence-electron chi connectivity index (χ1n) is 4.24. The summed E-state index contributed by atoms with van der Waals surface area (Å²) in [7, 11) is 1.76. The van der Waals surface area contributed by atoms with Crippen LogP contribution in [0.3, 0.4) is 0 Å². The molecule has 0 saturated carbocycles. The molecule has 0 bridgehead atoms. The molecule has 8 heteroatoms. The number of aromatic carboxylic acids is 1. The van der Waals surface area contributed by atoms with Crippen molar-refractivity contribution in [3.8, 4) is 0 Å². The molecule has 0 fully saturated rings. The Labute approximate surface area is 94.6 Å². The normalized spacial score (nSPS) is 10.3. The van der Waals surface area contributed by atoms with Crippen molar-refractivity contribution >= 4 is 17.7 Å². The summed E-state index contributed by atoms with van der Waals surface area (Å²) in [6.45, 7) is 0. The molecule has 0 unspecified atom stereocenters. The first kappa shape index (κ1) is 10.6. The lowest BCUT2D eigenvalue weighted by molar-refractivity contribution is 0.0685. The zero-order chi connectivity index (χ0) is 11.5. The molecule has 16 heavy (non-hydrogen) atoms. The Morgan fingerprint density at radius 1 is 1.44 bits per heavy atom. The second-order valence-electron chi connectivity index (χ2n) is 2.84. The monoisotopic (exact) mass is 237 g/mol. The van der Waals surface area contributed by atoms with Crippen LogP contribution in [0.5, 0.6) is 0 Å². The molecule has 0 atom stereocenters. The van der Waals surface area contributed by atoms with Crippen LogP contribution in [0.2, 0.25) is 0 Å². The molecule has 2 aromatic rings. The summed E-state index contributed by atoms with van der Waals surface area (Å²) in [5, 5.41) is 17.3. The third kappa shape index (κ3) is 2.01. The summed E-state index contributed by atoms with van der Waals surface area (Å²) in [5.74, 6) is -1.11. The van der Waals surface area contributed by atoms with Crippen molar-refractivity contribution < 1.29 is 9.90 Å². The number of aryl methyl sites for hydroxylation is 1. The number of nitrogens with zero attached hydrogens (tertiary/aromatic N) is 5. The molecular weight excluding hydrogens is 230 g/mol. The zero-order valence-corrected chi connectivity index (χ0v) is 9.05. The van der Waals surface area contributed by atoms with E-state index in [4.69, 9.17) is 5.11 Å². The maximum absolute atomic E-state index is 10.9. The Kier molecular flexibility index (Phi) is 2.82. The molecule has 0 aromatic carbocycles. The molecule has 7 nitrogen and oxygen atoms in total. The fourth-order valence-corrected chi connectivity index (χ4v) is 1.80. The highest BCUT2D eigenvalue weighted by atomic mass is 32.2. The van der Waals surface area contributed by atoms with Crippen molar-refractivity contribution in [1.29, 1.82) is 0 Å². The average Bonchev–Trinajstić information content (AvgIpc) is 2.65. The highest BCUT2D eigenvalue weighted by molar-refractivity contribution is 7.99. The molecule has 0 radical (unpaired) electrons. The molecule has 2 aromatic heterocycles. The number of carboxylic acids is 1. The minimum Gasteiger partial charge on any atom is -0.476 e. The standard InChI is InChI=1S/C8H7N5O2S/c1-13-4-11-12-8(13)16-6-5(7(14)15)9-2-3-10-6/h2-4H,1H3,(H,14,15). The first-order valence-corrected chi connectivity index (χ1v) is 5.06. The fourth-order valence-electron chi connectivity index (χ4n) is 0.998. The van der Waals surface area contributed by atoms with Gasteiger partial charge in [-0.1, -0.05) is 0 Å². The third-order valence-corrected chi connectivity index (χ3v) is 2.77. The van der Waals surface area contributed by atoms with Crippen molar-refractivity contribution in [2.45, 2.75) is 10.2 Å². The highest BCUT2D eigenvalue weighted by Crippen LogP contribution is 2.25. The van der Waals surface area contributed by atoms with Gasteiger partial charge in [0.05, 0.1) is 0 Å². The zero-order valence-electron chi connectivity index (χ0n) is 8.23. The number of hydrogen-bond donors (Lipinski definition) is 1. The molecule has 2 rings (SSSR count). The van der Waals surface area contributed by atoms with Gasteiger partial charge in [-0.05, 0) is 11.8 Å². The first-order chi connectivity index (χ1) is 7.68. The summed E-state index contributed by atoms with van der Waals surface area (Å²) in [6, 6.07) is 0. The second-order valence-corrected chi connectivity index (χ2v) is 3.80. The van der Waals surface area contributed by atoms with Crippen LogP contribution in [-0.4, -0.2) is 35.8 Å². The van der Waals surface area contributed by atoms with E-state index in [0.29, 0.717) is 10.2 Å². The molecule has 0 aliphatic rings. The lowest BCUT2D eigenvalue weighted by Crippen LogP contribution is -2.04. The van der Waals surface area contributed by atoms with Crippen LogP contribution in [0, 0.1) is 0 Å². The maximum Gasteiger partial charge on any atom is 0.357 e. The smallest absolute Gasteiger partial charge is 0.357 e. The van der Waals surface area contributed by atoms with Gasteiger partial charge < -0.3 is 9.67 Å². The third-order valence-electron chi connectivity index (χ3n) is 1.73. The number of rotatable bonds is 3. The topological polar surface area (TPSA) is 93.8 Å². The van der Waals surface area contributed by atoms with Gasteiger partial charge >= 0.3 is 5.97 Å². The Bertz CT molecular complexity index is 527. The molecule has 0 spiro atoms. The van der Waals surface area contributed by atoms with Crippen LogP contribution in [0.25, 0.3) is 0 Å². The van der Waals surface area contributed by atoms with Crippen molar-refractivity contribution in [2.24, 2.45) is 7.05 Å². The maximum atomic E-state index is 10.9. The number of carboxylic acid groups (broad SMARTS) is 1. The van der Waals surface area contributed by atoms with Crippen LogP contribution < -0.4 is 0 Å². The van der Waals surface area contributed by atoms with Gasteiger partial charge in [-0.25, -0.2) is 14.8 Å². The van der Waals surface area contributed by atoms with E-state index in [1.165, 1.54) is 18.7 Å². The lowest BCUT2D eigenvalue weighted by Gasteiger charge is -2.01. The lowest BCUT2D eigenvalue weighted by atomic mass is 10.5. The molecule has 0 aliphatic heterocycles.